The van der Waals surface area contributed by atoms with Crippen LogP contribution < -0.4 is 0 Å². The van der Waals surface area contributed by atoms with Crippen molar-refractivity contribution in [2.24, 2.45) is 5.92 Å². The van der Waals surface area contributed by atoms with E-state index in [-0.39, 0.29) is 17.7 Å². The van der Waals surface area contributed by atoms with Crippen LogP contribution in [0, 0.1) is 12.8 Å². The van der Waals surface area contributed by atoms with Crippen LogP contribution in [-0.4, -0.2) is 34.7 Å². The number of ether oxygens (including phenoxy) is 1. The third-order valence-electron chi connectivity index (χ3n) is 3.88. The van der Waals surface area contributed by atoms with Crippen LogP contribution in [0.1, 0.15) is 44.1 Å². The SMILES string of the molecule is Cc1nc(CC2CCN(C(=O)OC(C)(C)C)C2)ccc1C(F)(F)F. The number of likely N-dealkylation sites (tertiary alicyclic amines) is 1. The number of amides is 1. The summed E-state index contributed by atoms with van der Waals surface area (Å²) in [4.78, 5) is 17.8. The maximum Gasteiger partial charge on any atom is 0.418 e. The number of hydrogen-bond acceptors (Lipinski definition) is 3. The fraction of sp³-hybridized carbons (Fsp3) is 0.647. The first-order valence-corrected chi connectivity index (χ1v) is 7.97. The van der Waals surface area contributed by atoms with Crippen molar-refractivity contribution in [2.75, 3.05) is 13.1 Å². The average molecular weight is 344 g/mol. The molecule has 134 valence electrons. The van der Waals surface area contributed by atoms with E-state index in [0.717, 1.165) is 12.5 Å². The molecule has 0 N–H and O–H groups in total. The number of aromatic nitrogens is 1. The molecule has 1 aromatic heterocycles. The van der Waals surface area contributed by atoms with E-state index in [1.54, 1.807) is 4.90 Å². The second kappa shape index (κ2) is 6.61. The van der Waals surface area contributed by atoms with Crippen LogP contribution in [-0.2, 0) is 17.3 Å². The number of pyridine rings is 1. The highest BCUT2D eigenvalue weighted by molar-refractivity contribution is 5.68. The lowest BCUT2D eigenvalue weighted by molar-refractivity contribution is -0.138. The van der Waals surface area contributed by atoms with Gasteiger partial charge in [0.2, 0.25) is 0 Å². The molecule has 24 heavy (non-hydrogen) atoms. The number of aryl methyl sites for hydroxylation is 1. The number of carbonyl (C=O) groups excluding carboxylic acids is 1. The van der Waals surface area contributed by atoms with Crippen molar-refractivity contribution in [3.63, 3.8) is 0 Å². The number of hydrogen-bond donors (Lipinski definition) is 0. The normalized spacial score (nSPS) is 18.8. The van der Waals surface area contributed by atoms with E-state index in [2.05, 4.69) is 4.98 Å². The molecule has 1 aliphatic heterocycles. The smallest absolute Gasteiger partial charge is 0.418 e. The van der Waals surface area contributed by atoms with Crippen molar-refractivity contribution in [2.45, 2.75) is 52.3 Å². The van der Waals surface area contributed by atoms with Crippen LogP contribution in [0.15, 0.2) is 12.1 Å². The Bertz CT molecular complexity index is 609. The lowest BCUT2D eigenvalue weighted by Gasteiger charge is -2.24. The molecular weight excluding hydrogens is 321 g/mol. The van der Waals surface area contributed by atoms with E-state index in [9.17, 15) is 18.0 Å². The third-order valence-corrected chi connectivity index (χ3v) is 3.88. The summed E-state index contributed by atoms with van der Waals surface area (Å²) in [6.07, 6.45) is -3.38. The topological polar surface area (TPSA) is 42.4 Å². The van der Waals surface area contributed by atoms with Crippen LogP contribution in [0.2, 0.25) is 0 Å². The first-order valence-electron chi connectivity index (χ1n) is 7.97. The third kappa shape index (κ3) is 4.85. The summed E-state index contributed by atoms with van der Waals surface area (Å²) >= 11 is 0. The predicted molar refractivity (Wildman–Crippen MR) is 83.6 cm³/mol. The maximum atomic E-state index is 12.8. The van der Waals surface area contributed by atoms with Gasteiger partial charge in [0.25, 0.3) is 0 Å². The molecule has 1 aromatic rings. The molecule has 2 heterocycles. The van der Waals surface area contributed by atoms with Gasteiger partial charge in [0, 0.05) is 24.5 Å². The Morgan fingerprint density at radius 2 is 2.00 bits per heavy atom. The Morgan fingerprint density at radius 1 is 1.33 bits per heavy atom. The second-order valence-electron chi connectivity index (χ2n) is 7.22. The zero-order valence-electron chi connectivity index (χ0n) is 14.4. The molecule has 1 unspecified atom stereocenters. The van der Waals surface area contributed by atoms with Gasteiger partial charge in [-0.2, -0.15) is 13.2 Å². The monoisotopic (exact) mass is 344 g/mol. The van der Waals surface area contributed by atoms with Gasteiger partial charge in [-0.1, -0.05) is 0 Å². The minimum atomic E-state index is -4.38. The van der Waals surface area contributed by atoms with Gasteiger partial charge < -0.3 is 9.64 Å². The number of alkyl halides is 3. The standard InChI is InChI=1S/C17H23F3N2O2/c1-11-14(17(18,19)20)6-5-13(21-11)9-12-7-8-22(10-12)15(23)24-16(2,3)4/h5-6,12H,7-10H2,1-4H3. The van der Waals surface area contributed by atoms with Crippen LogP contribution in [0.3, 0.4) is 0 Å². The molecule has 2 rings (SSSR count). The van der Waals surface area contributed by atoms with Gasteiger partial charge in [-0.25, -0.2) is 4.79 Å². The zero-order chi connectivity index (χ0) is 18.1. The highest BCUT2D eigenvalue weighted by atomic mass is 19.4. The summed E-state index contributed by atoms with van der Waals surface area (Å²) in [7, 11) is 0. The van der Waals surface area contributed by atoms with Crippen molar-refractivity contribution in [1.82, 2.24) is 9.88 Å². The van der Waals surface area contributed by atoms with Crippen molar-refractivity contribution >= 4 is 6.09 Å². The molecule has 0 bridgehead atoms. The first kappa shape index (κ1) is 18.5. The number of rotatable bonds is 2. The highest BCUT2D eigenvalue weighted by Crippen LogP contribution is 2.31. The summed E-state index contributed by atoms with van der Waals surface area (Å²) in [5.41, 5.74) is -0.632. The van der Waals surface area contributed by atoms with E-state index in [0.29, 0.717) is 25.2 Å². The molecule has 0 radical (unpaired) electrons. The molecule has 1 amide bonds. The van der Waals surface area contributed by atoms with Crippen LogP contribution in [0.5, 0.6) is 0 Å². The molecule has 7 heteroatoms. The van der Waals surface area contributed by atoms with Gasteiger partial charge in [-0.15, -0.1) is 0 Å². The molecule has 0 aromatic carbocycles. The molecule has 1 atom stereocenters. The summed E-state index contributed by atoms with van der Waals surface area (Å²) in [5, 5.41) is 0. The number of halogens is 3. The van der Waals surface area contributed by atoms with E-state index in [4.69, 9.17) is 4.74 Å². The predicted octanol–water partition coefficient (Wildman–Crippen LogP) is 4.21. The maximum absolute atomic E-state index is 12.8. The van der Waals surface area contributed by atoms with E-state index >= 15 is 0 Å². The fourth-order valence-corrected chi connectivity index (χ4v) is 2.81. The quantitative estimate of drug-likeness (QED) is 0.807. The van der Waals surface area contributed by atoms with Gasteiger partial charge >= 0.3 is 12.3 Å². The zero-order valence-corrected chi connectivity index (χ0v) is 14.4. The Labute approximate surface area is 140 Å². The molecule has 0 spiro atoms. The van der Waals surface area contributed by atoms with Gasteiger partial charge in [0.05, 0.1) is 5.56 Å². The van der Waals surface area contributed by atoms with Gasteiger partial charge in [0.1, 0.15) is 5.60 Å². The number of carbonyl (C=O) groups is 1. The summed E-state index contributed by atoms with van der Waals surface area (Å²) in [6, 6.07) is 2.50. The second-order valence-corrected chi connectivity index (χ2v) is 7.22. The van der Waals surface area contributed by atoms with Gasteiger partial charge in [-0.05, 0) is 58.6 Å². The summed E-state index contributed by atoms with van der Waals surface area (Å²) in [5.74, 6) is 0.182. The minimum absolute atomic E-state index is 0.0120. The van der Waals surface area contributed by atoms with Crippen LogP contribution >= 0.6 is 0 Å². The number of nitrogens with zero attached hydrogens (tertiary/aromatic N) is 2. The van der Waals surface area contributed by atoms with Crippen molar-refractivity contribution in [3.05, 3.63) is 29.1 Å². The summed E-state index contributed by atoms with van der Waals surface area (Å²) < 4.78 is 43.6. The molecule has 4 nitrogen and oxygen atoms in total. The molecule has 1 aliphatic rings. The van der Waals surface area contributed by atoms with Crippen molar-refractivity contribution < 1.29 is 22.7 Å². The van der Waals surface area contributed by atoms with Crippen molar-refractivity contribution in [3.8, 4) is 0 Å². The molecule has 0 saturated carbocycles. The van der Waals surface area contributed by atoms with Gasteiger partial charge in [-0.3, -0.25) is 4.98 Å². The first-order chi connectivity index (χ1) is 11.0. The Kier molecular flexibility index (Phi) is 5.11. The van der Waals surface area contributed by atoms with Crippen LogP contribution in [0.25, 0.3) is 0 Å². The lowest BCUT2D eigenvalue weighted by atomic mass is 10.0. The molecular formula is C17H23F3N2O2. The Morgan fingerprint density at radius 3 is 2.54 bits per heavy atom. The largest absolute Gasteiger partial charge is 0.444 e. The van der Waals surface area contributed by atoms with Crippen molar-refractivity contribution in [1.29, 1.82) is 0 Å². The van der Waals surface area contributed by atoms with Crippen LogP contribution in [0.4, 0.5) is 18.0 Å². The lowest BCUT2D eigenvalue weighted by Crippen LogP contribution is -2.35. The molecule has 1 fully saturated rings. The molecule has 1 saturated heterocycles. The summed E-state index contributed by atoms with van der Waals surface area (Å²) in [6.45, 7) is 7.94. The van der Waals surface area contributed by atoms with Gasteiger partial charge in [0.15, 0.2) is 0 Å². The van der Waals surface area contributed by atoms with E-state index < -0.39 is 17.3 Å². The van der Waals surface area contributed by atoms with E-state index in [1.807, 2.05) is 20.8 Å². The highest BCUT2D eigenvalue weighted by Gasteiger charge is 2.34. The molecule has 0 aliphatic carbocycles. The Hall–Kier alpha value is -1.79. The van der Waals surface area contributed by atoms with E-state index in [1.165, 1.54) is 13.0 Å². The average Bonchev–Trinajstić information content (AvgIpc) is 2.83. The fourth-order valence-electron chi connectivity index (χ4n) is 2.81. The minimum Gasteiger partial charge on any atom is -0.444 e. The Balaban J connectivity index is 1.96.